The van der Waals surface area contributed by atoms with Gasteiger partial charge in [0, 0.05) is 26.5 Å². The van der Waals surface area contributed by atoms with E-state index in [1.54, 1.807) is 18.4 Å². The summed E-state index contributed by atoms with van der Waals surface area (Å²) in [5, 5.41) is 8.30. The second kappa shape index (κ2) is 5.15. The van der Waals surface area contributed by atoms with Crippen LogP contribution in [0.25, 0.3) is 10.7 Å². The van der Waals surface area contributed by atoms with E-state index >= 15 is 0 Å². The Labute approximate surface area is 120 Å². The minimum atomic E-state index is 0.604. The highest BCUT2D eigenvalue weighted by atomic mass is 32.1. The van der Waals surface area contributed by atoms with Gasteiger partial charge in [0.15, 0.2) is 10.6 Å². The normalized spacial score (nSPS) is 15.1. The molecule has 5 nitrogen and oxygen atoms in total. The predicted octanol–water partition coefficient (Wildman–Crippen LogP) is 2.67. The van der Waals surface area contributed by atoms with Gasteiger partial charge in [-0.25, -0.2) is 4.98 Å². The van der Waals surface area contributed by atoms with Crippen LogP contribution in [0.5, 0.6) is 0 Å². The molecule has 0 aliphatic heterocycles. The molecule has 2 heterocycles. The topological polar surface area (TPSA) is 55.7 Å². The van der Waals surface area contributed by atoms with E-state index in [0.717, 1.165) is 22.1 Å². The van der Waals surface area contributed by atoms with E-state index in [2.05, 4.69) is 10.2 Å². The number of aromatic nitrogens is 4. The van der Waals surface area contributed by atoms with E-state index in [1.807, 2.05) is 11.6 Å². The number of ether oxygens (including phenoxy) is 1. The molecule has 1 N–H and O–H groups in total. The van der Waals surface area contributed by atoms with Crippen LogP contribution in [0.3, 0.4) is 0 Å². The first kappa shape index (κ1) is 13.0. The molecule has 2 aromatic rings. The fourth-order valence-electron chi connectivity index (χ4n) is 2.02. The Kier molecular flexibility index (Phi) is 3.51. The third kappa shape index (κ3) is 2.50. The monoisotopic (exact) mass is 296 g/mol. The molecule has 0 saturated heterocycles. The quantitative estimate of drug-likeness (QED) is 0.862. The van der Waals surface area contributed by atoms with E-state index in [1.165, 1.54) is 18.5 Å². The van der Waals surface area contributed by atoms with Gasteiger partial charge in [-0.3, -0.25) is 5.10 Å². The zero-order valence-corrected chi connectivity index (χ0v) is 12.6. The summed E-state index contributed by atoms with van der Waals surface area (Å²) in [5.74, 6) is 1.50. The number of aromatic amines is 1. The molecule has 0 atom stereocenters. The molecule has 0 bridgehead atoms. The van der Waals surface area contributed by atoms with Crippen molar-refractivity contribution in [3.05, 3.63) is 15.5 Å². The summed E-state index contributed by atoms with van der Waals surface area (Å²) >= 11 is 6.89. The lowest BCUT2D eigenvalue weighted by atomic mass is 10.2. The van der Waals surface area contributed by atoms with Crippen molar-refractivity contribution in [3.63, 3.8) is 0 Å². The van der Waals surface area contributed by atoms with Crippen molar-refractivity contribution in [2.75, 3.05) is 13.7 Å². The predicted molar refractivity (Wildman–Crippen MR) is 77.1 cm³/mol. The van der Waals surface area contributed by atoms with Crippen molar-refractivity contribution in [3.8, 4) is 10.7 Å². The van der Waals surface area contributed by atoms with E-state index in [4.69, 9.17) is 21.9 Å². The van der Waals surface area contributed by atoms with Crippen LogP contribution in [-0.4, -0.2) is 33.5 Å². The summed E-state index contributed by atoms with van der Waals surface area (Å²) in [4.78, 5) is 5.93. The van der Waals surface area contributed by atoms with Crippen molar-refractivity contribution in [2.24, 2.45) is 7.05 Å². The Morgan fingerprint density at radius 3 is 2.89 bits per heavy atom. The fraction of sp³-hybridized carbons (Fsp3) is 0.583. The average molecular weight is 296 g/mol. The van der Waals surface area contributed by atoms with Crippen LogP contribution in [0.2, 0.25) is 0 Å². The minimum Gasteiger partial charge on any atom is -0.384 e. The highest BCUT2D eigenvalue weighted by Crippen LogP contribution is 2.45. The van der Waals surface area contributed by atoms with Crippen LogP contribution in [0.4, 0.5) is 0 Å². The Morgan fingerprint density at radius 1 is 1.53 bits per heavy atom. The standard InChI is InChI=1S/C12H16N4OS2/c1-16-11(14-15-12(16)18)10-9(7-3-4-7)13-8(19-10)5-6-17-2/h7H,3-6H2,1-2H3,(H,15,18). The SMILES string of the molecule is COCCc1nc(C2CC2)c(-c2n[nH]c(=S)n2C)s1. The van der Waals surface area contributed by atoms with E-state index in [9.17, 15) is 0 Å². The summed E-state index contributed by atoms with van der Waals surface area (Å²) in [6.07, 6.45) is 3.32. The first-order valence-electron chi connectivity index (χ1n) is 6.31. The van der Waals surface area contributed by atoms with Crippen LogP contribution in [0.1, 0.15) is 29.5 Å². The smallest absolute Gasteiger partial charge is 0.195 e. The molecule has 1 fully saturated rings. The molecule has 0 aromatic carbocycles. The van der Waals surface area contributed by atoms with Gasteiger partial charge >= 0.3 is 0 Å². The highest BCUT2D eigenvalue weighted by Gasteiger charge is 2.31. The number of nitrogens with zero attached hydrogens (tertiary/aromatic N) is 3. The number of hydrogen-bond acceptors (Lipinski definition) is 5. The van der Waals surface area contributed by atoms with Crippen LogP contribution >= 0.6 is 23.6 Å². The lowest BCUT2D eigenvalue weighted by Crippen LogP contribution is -1.94. The molecule has 2 aromatic heterocycles. The molecule has 19 heavy (non-hydrogen) atoms. The Bertz CT molecular complexity index is 638. The molecule has 1 saturated carbocycles. The maximum absolute atomic E-state index is 5.18. The van der Waals surface area contributed by atoms with Crippen molar-refractivity contribution in [1.82, 2.24) is 19.7 Å². The highest BCUT2D eigenvalue weighted by molar-refractivity contribution is 7.71. The maximum atomic E-state index is 5.18. The molecule has 0 radical (unpaired) electrons. The molecule has 3 rings (SSSR count). The van der Waals surface area contributed by atoms with Gasteiger partial charge in [-0.1, -0.05) is 0 Å². The maximum Gasteiger partial charge on any atom is 0.195 e. The van der Waals surface area contributed by atoms with Gasteiger partial charge in [0.25, 0.3) is 0 Å². The Morgan fingerprint density at radius 2 is 2.32 bits per heavy atom. The fourth-order valence-corrected chi connectivity index (χ4v) is 3.31. The van der Waals surface area contributed by atoms with Gasteiger partial charge in [-0.15, -0.1) is 11.3 Å². The zero-order valence-electron chi connectivity index (χ0n) is 11.0. The Balaban J connectivity index is 2.01. The molecule has 0 amide bonds. The van der Waals surface area contributed by atoms with Crippen molar-refractivity contribution in [1.29, 1.82) is 0 Å². The summed E-state index contributed by atoms with van der Waals surface area (Å²) in [5.41, 5.74) is 1.19. The number of rotatable bonds is 5. The number of thiazole rings is 1. The minimum absolute atomic E-state index is 0.604. The van der Waals surface area contributed by atoms with Crippen LogP contribution in [-0.2, 0) is 18.2 Å². The second-order valence-electron chi connectivity index (χ2n) is 4.75. The first-order chi connectivity index (χ1) is 9.20. The van der Waals surface area contributed by atoms with Crippen LogP contribution in [0.15, 0.2) is 0 Å². The van der Waals surface area contributed by atoms with Gasteiger partial charge in [-0.2, -0.15) is 5.10 Å². The largest absolute Gasteiger partial charge is 0.384 e. The first-order valence-corrected chi connectivity index (χ1v) is 7.53. The molecule has 7 heteroatoms. The summed E-state index contributed by atoms with van der Waals surface area (Å²) in [6, 6.07) is 0. The van der Waals surface area contributed by atoms with Crippen molar-refractivity contribution >= 4 is 23.6 Å². The lowest BCUT2D eigenvalue weighted by Gasteiger charge is -1.99. The number of methoxy groups -OCH3 is 1. The third-order valence-corrected chi connectivity index (χ3v) is 4.76. The van der Waals surface area contributed by atoms with E-state index < -0.39 is 0 Å². The summed E-state index contributed by atoms with van der Waals surface area (Å²) in [7, 11) is 3.65. The molecule has 0 spiro atoms. The molecular formula is C12H16N4OS2. The van der Waals surface area contributed by atoms with Gasteiger partial charge in [0.05, 0.1) is 22.2 Å². The van der Waals surface area contributed by atoms with Crippen LogP contribution < -0.4 is 0 Å². The third-order valence-electron chi connectivity index (χ3n) is 3.26. The van der Waals surface area contributed by atoms with Crippen LogP contribution in [0, 0.1) is 4.77 Å². The molecule has 1 aliphatic rings. The summed E-state index contributed by atoms with van der Waals surface area (Å²) < 4.78 is 7.68. The summed E-state index contributed by atoms with van der Waals surface area (Å²) in [6.45, 7) is 0.704. The number of hydrogen-bond donors (Lipinski definition) is 1. The number of H-pyrrole nitrogens is 1. The second-order valence-corrected chi connectivity index (χ2v) is 6.22. The van der Waals surface area contributed by atoms with E-state index in [-0.39, 0.29) is 0 Å². The molecule has 0 unspecified atom stereocenters. The van der Waals surface area contributed by atoms with Gasteiger partial charge < -0.3 is 9.30 Å². The van der Waals surface area contributed by atoms with Crippen molar-refractivity contribution in [2.45, 2.75) is 25.2 Å². The van der Waals surface area contributed by atoms with Crippen molar-refractivity contribution < 1.29 is 4.74 Å². The molecular weight excluding hydrogens is 280 g/mol. The van der Waals surface area contributed by atoms with Gasteiger partial charge in [0.1, 0.15) is 0 Å². The average Bonchev–Trinajstić information content (AvgIpc) is 3.09. The lowest BCUT2D eigenvalue weighted by molar-refractivity contribution is 0.202. The van der Waals surface area contributed by atoms with Gasteiger partial charge in [-0.05, 0) is 25.1 Å². The number of nitrogens with one attached hydrogen (secondary N) is 1. The zero-order chi connectivity index (χ0) is 13.4. The molecule has 102 valence electrons. The van der Waals surface area contributed by atoms with Gasteiger partial charge in [0.2, 0.25) is 0 Å². The Hall–Kier alpha value is -1.05. The molecule has 1 aliphatic carbocycles. The van der Waals surface area contributed by atoms with E-state index in [0.29, 0.717) is 17.3 Å².